The molecule has 0 radical (unpaired) electrons. The Morgan fingerprint density at radius 3 is 2.60 bits per heavy atom. The van der Waals surface area contributed by atoms with Crippen molar-refractivity contribution in [1.82, 2.24) is 15.1 Å². The van der Waals surface area contributed by atoms with Gasteiger partial charge in [0.05, 0.1) is 17.1 Å². The SMILES string of the molecule is Cc1n[nH]c(C)c1N1CCN(Cc2cc(Br)cs2)CC1. The van der Waals surface area contributed by atoms with Crippen molar-refractivity contribution < 1.29 is 0 Å². The summed E-state index contributed by atoms with van der Waals surface area (Å²) in [5, 5.41) is 9.53. The first-order valence-electron chi connectivity index (χ1n) is 6.85. The van der Waals surface area contributed by atoms with Crippen LogP contribution in [-0.2, 0) is 6.54 Å². The van der Waals surface area contributed by atoms with Crippen LogP contribution in [0.1, 0.15) is 16.3 Å². The summed E-state index contributed by atoms with van der Waals surface area (Å²) in [5.74, 6) is 0. The van der Waals surface area contributed by atoms with Gasteiger partial charge in [-0.2, -0.15) is 5.10 Å². The number of anilines is 1. The Balaban J connectivity index is 1.60. The van der Waals surface area contributed by atoms with Crippen molar-refractivity contribution in [2.24, 2.45) is 0 Å². The maximum Gasteiger partial charge on any atom is 0.0827 e. The lowest BCUT2D eigenvalue weighted by Crippen LogP contribution is -2.46. The maximum atomic E-state index is 4.30. The first kappa shape index (κ1) is 14.1. The highest BCUT2D eigenvalue weighted by Crippen LogP contribution is 2.25. The van der Waals surface area contributed by atoms with E-state index in [-0.39, 0.29) is 0 Å². The van der Waals surface area contributed by atoms with E-state index in [2.05, 4.69) is 61.2 Å². The predicted octanol–water partition coefficient (Wildman–Crippen LogP) is 3.17. The number of aromatic nitrogens is 2. The van der Waals surface area contributed by atoms with Crippen LogP contribution in [0.5, 0.6) is 0 Å². The van der Waals surface area contributed by atoms with Crippen molar-refractivity contribution >= 4 is 33.0 Å². The van der Waals surface area contributed by atoms with Gasteiger partial charge in [0.2, 0.25) is 0 Å². The van der Waals surface area contributed by atoms with Crippen LogP contribution in [0.15, 0.2) is 15.9 Å². The monoisotopic (exact) mass is 354 g/mol. The summed E-state index contributed by atoms with van der Waals surface area (Å²) < 4.78 is 1.20. The molecule has 2 aromatic rings. The van der Waals surface area contributed by atoms with Gasteiger partial charge in [-0.3, -0.25) is 10.00 Å². The molecule has 0 aliphatic carbocycles. The van der Waals surface area contributed by atoms with Crippen LogP contribution in [0.2, 0.25) is 0 Å². The topological polar surface area (TPSA) is 35.2 Å². The third-order valence-corrected chi connectivity index (χ3v) is 5.46. The van der Waals surface area contributed by atoms with Crippen molar-refractivity contribution in [3.8, 4) is 0 Å². The van der Waals surface area contributed by atoms with Crippen LogP contribution >= 0.6 is 27.3 Å². The Labute approximate surface area is 131 Å². The van der Waals surface area contributed by atoms with E-state index in [0.29, 0.717) is 0 Å². The molecule has 1 fully saturated rings. The zero-order valence-electron chi connectivity index (χ0n) is 11.8. The fourth-order valence-electron chi connectivity index (χ4n) is 2.80. The summed E-state index contributed by atoms with van der Waals surface area (Å²) in [7, 11) is 0. The number of aromatic amines is 1. The second-order valence-electron chi connectivity index (χ2n) is 5.28. The van der Waals surface area contributed by atoms with Crippen molar-refractivity contribution in [3.05, 3.63) is 32.2 Å². The third-order valence-electron chi connectivity index (χ3n) is 3.78. The molecule has 4 nitrogen and oxygen atoms in total. The highest BCUT2D eigenvalue weighted by atomic mass is 79.9. The van der Waals surface area contributed by atoms with Gasteiger partial charge < -0.3 is 4.90 Å². The number of aryl methyl sites for hydroxylation is 2. The first-order chi connectivity index (χ1) is 9.63. The molecule has 6 heteroatoms. The fourth-order valence-corrected chi connectivity index (χ4v) is 4.29. The highest BCUT2D eigenvalue weighted by molar-refractivity contribution is 9.10. The van der Waals surface area contributed by atoms with E-state index in [1.54, 1.807) is 0 Å². The number of hydrogen-bond donors (Lipinski definition) is 1. The summed E-state index contributed by atoms with van der Waals surface area (Å²) in [5.41, 5.74) is 3.58. The third kappa shape index (κ3) is 2.92. The molecule has 3 rings (SSSR count). The minimum atomic E-state index is 1.06. The van der Waals surface area contributed by atoms with Gasteiger partial charge in [0.25, 0.3) is 0 Å². The van der Waals surface area contributed by atoms with Gasteiger partial charge in [-0.1, -0.05) is 0 Å². The molecule has 1 aliphatic heterocycles. The van der Waals surface area contributed by atoms with Crippen LogP contribution in [0.3, 0.4) is 0 Å². The van der Waals surface area contributed by atoms with E-state index in [1.807, 2.05) is 11.3 Å². The zero-order valence-corrected chi connectivity index (χ0v) is 14.2. The molecule has 1 aliphatic rings. The van der Waals surface area contributed by atoms with Crippen LogP contribution in [0.4, 0.5) is 5.69 Å². The number of thiophene rings is 1. The Bertz CT molecular complexity index is 564. The Morgan fingerprint density at radius 2 is 2.05 bits per heavy atom. The van der Waals surface area contributed by atoms with Crippen LogP contribution < -0.4 is 4.90 Å². The molecule has 0 bridgehead atoms. The standard InChI is InChI=1S/C14H19BrN4S/c1-10-14(11(2)17-16-10)19-5-3-18(4-6-19)8-13-7-12(15)9-20-13/h7,9H,3-6,8H2,1-2H3,(H,16,17). The Morgan fingerprint density at radius 1 is 1.30 bits per heavy atom. The van der Waals surface area contributed by atoms with Gasteiger partial charge in [-0.25, -0.2) is 0 Å². The minimum Gasteiger partial charge on any atom is -0.366 e. The Kier molecular flexibility index (Phi) is 4.14. The first-order valence-corrected chi connectivity index (χ1v) is 8.52. The molecular weight excluding hydrogens is 336 g/mol. The fraction of sp³-hybridized carbons (Fsp3) is 0.500. The quantitative estimate of drug-likeness (QED) is 0.919. The molecule has 0 unspecified atom stereocenters. The van der Waals surface area contributed by atoms with E-state index < -0.39 is 0 Å². The zero-order chi connectivity index (χ0) is 14.1. The van der Waals surface area contributed by atoms with Gasteiger partial charge in [-0.05, 0) is 35.8 Å². The van der Waals surface area contributed by atoms with E-state index >= 15 is 0 Å². The molecule has 0 amide bonds. The lowest BCUT2D eigenvalue weighted by molar-refractivity contribution is 0.252. The molecule has 0 atom stereocenters. The van der Waals surface area contributed by atoms with E-state index in [0.717, 1.165) is 38.4 Å². The van der Waals surface area contributed by atoms with Gasteiger partial charge >= 0.3 is 0 Å². The molecular formula is C14H19BrN4S. The average molecular weight is 355 g/mol. The van der Waals surface area contributed by atoms with Crippen molar-refractivity contribution in [1.29, 1.82) is 0 Å². The van der Waals surface area contributed by atoms with E-state index in [4.69, 9.17) is 0 Å². The normalized spacial score (nSPS) is 16.9. The second kappa shape index (κ2) is 5.87. The molecule has 108 valence electrons. The number of nitrogens with one attached hydrogen (secondary N) is 1. The molecule has 3 heterocycles. The van der Waals surface area contributed by atoms with Crippen molar-refractivity contribution in [2.75, 3.05) is 31.1 Å². The smallest absolute Gasteiger partial charge is 0.0827 e. The summed E-state index contributed by atoms with van der Waals surface area (Å²) in [4.78, 5) is 6.41. The second-order valence-corrected chi connectivity index (χ2v) is 7.19. The summed E-state index contributed by atoms with van der Waals surface area (Å²) in [6.07, 6.45) is 0. The minimum absolute atomic E-state index is 1.06. The maximum absolute atomic E-state index is 4.30. The molecule has 0 spiro atoms. The predicted molar refractivity (Wildman–Crippen MR) is 87.6 cm³/mol. The van der Waals surface area contributed by atoms with Crippen molar-refractivity contribution in [3.63, 3.8) is 0 Å². The number of nitrogens with zero attached hydrogens (tertiary/aromatic N) is 3. The number of hydrogen-bond acceptors (Lipinski definition) is 4. The van der Waals surface area contributed by atoms with E-state index in [1.165, 1.54) is 20.7 Å². The van der Waals surface area contributed by atoms with Crippen LogP contribution in [0.25, 0.3) is 0 Å². The average Bonchev–Trinajstić information content (AvgIpc) is 2.98. The largest absolute Gasteiger partial charge is 0.366 e. The van der Waals surface area contributed by atoms with Crippen LogP contribution in [-0.4, -0.2) is 41.3 Å². The Hall–Kier alpha value is -0.850. The molecule has 1 saturated heterocycles. The number of rotatable bonds is 3. The lowest BCUT2D eigenvalue weighted by atomic mass is 10.2. The van der Waals surface area contributed by atoms with Crippen molar-refractivity contribution in [2.45, 2.75) is 20.4 Å². The highest BCUT2D eigenvalue weighted by Gasteiger charge is 2.21. The van der Waals surface area contributed by atoms with Gasteiger partial charge in [0.1, 0.15) is 0 Å². The summed E-state index contributed by atoms with van der Waals surface area (Å²) >= 11 is 5.35. The van der Waals surface area contributed by atoms with Gasteiger partial charge in [-0.15, -0.1) is 11.3 Å². The summed E-state index contributed by atoms with van der Waals surface area (Å²) in [6, 6.07) is 2.22. The van der Waals surface area contributed by atoms with Crippen LogP contribution in [0, 0.1) is 13.8 Å². The molecule has 1 N–H and O–H groups in total. The van der Waals surface area contributed by atoms with Gasteiger partial charge in [0.15, 0.2) is 0 Å². The van der Waals surface area contributed by atoms with E-state index in [9.17, 15) is 0 Å². The summed E-state index contributed by atoms with van der Waals surface area (Å²) in [6.45, 7) is 9.62. The molecule has 2 aromatic heterocycles. The number of piperazine rings is 1. The van der Waals surface area contributed by atoms with Gasteiger partial charge in [0, 0.05) is 47.5 Å². The lowest BCUT2D eigenvalue weighted by Gasteiger charge is -2.36. The molecule has 0 saturated carbocycles. The number of H-pyrrole nitrogens is 1. The molecule has 0 aromatic carbocycles. The number of halogens is 1. The molecule has 20 heavy (non-hydrogen) atoms.